The summed E-state index contributed by atoms with van der Waals surface area (Å²) in [6, 6.07) is 7.46. The van der Waals surface area contributed by atoms with Gasteiger partial charge in [0.05, 0.1) is 19.2 Å². The van der Waals surface area contributed by atoms with Gasteiger partial charge in [0, 0.05) is 5.69 Å². The molecule has 2 aromatic rings. The van der Waals surface area contributed by atoms with E-state index in [0.29, 0.717) is 5.69 Å². The molecule has 29 heavy (non-hydrogen) atoms. The standard InChI is InChI=1S/C21H23FN2O5/c1-12-7-13(2)20(14(3)8-12)24-18(25)10-23-19(26)11-29-21(27)15-5-6-17(28-4)16(22)9-15/h5-9H,10-11H2,1-4H3,(H,23,26)(H,24,25). The normalized spacial score (nSPS) is 10.2. The molecule has 7 nitrogen and oxygen atoms in total. The van der Waals surface area contributed by atoms with Crippen molar-refractivity contribution in [3.05, 3.63) is 58.4 Å². The van der Waals surface area contributed by atoms with Crippen LogP contribution in [0.25, 0.3) is 0 Å². The van der Waals surface area contributed by atoms with Crippen molar-refractivity contribution in [3.8, 4) is 5.75 Å². The fourth-order valence-corrected chi connectivity index (χ4v) is 2.80. The molecule has 154 valence electrons. The molecular weight excluding hydrogens is 379 g/mol. The third-order valence-corrected chi connectivity index (χ3v) is 4.11. The predicted molar refractivity (Wildman–Crippen MR) is 106 cm³/mol. The van der Waals surface area contributed by atoms with Crippen LogP contribution in [0, 0.1) is 26.6 Å². The van der Waals surface area contributed by atoms with Crippen molar-refractivity contribution in [1.29, 1.82) is 0 Å². The number of halogens is 1. The number of anilines is 1. The molecule has 0 spiro atoms. The van der Waals surface area contributed by atoms with E-state index in [9.17, 15) is 18.8 Å². The third kappa shape index (κ3) is 6.03. The van der Waals surface area contributed by atoms with Crippen molar-refractivity contribution in [3.63, 3.8) is 0 Å². The van der Waals surface area contributed by atoms with Gasteiger partial charge in [-0.15, -0.1) is 0 Å². The van der Waals surface area contributed by atoms with Gasteiger partial charge in [-0.25, -0.2) is 9.18 Å². The monoisotopic (exact) mass is 402 g/mol. The molecule has 0 bridgehead atoms. The van der Waals surface area contributed by atoms with Crippen LogP contribution in [0.4, 0.5) is 10.1 Å². The number of hydrogen-bond acceptors (Lipinski definition) is 5. The number of amides is 2. The summed E-state index contributed by atoms with van der Waals surface area (Å²) in [4.78, 5) is 35.8. The molecule has 2 amide bonds. The van der Waals surface area contributed by atoms with E-state index in [4.69, 9.17) is 9.47 Å². The lowest BCUT2D eigenvalue weighted by molar-refractivity contribution is -0.126. The van der Waals surface area contributed by atoms with Crippen LogP contribution in [0.5, 0.6) is 5.75 Å². The van der Waals surface area contributed by atoms with E-state index in [1.54, 1.807) is 0 Å². The van der Waals surface area contributed by atoms with Gasteiger partial charge in [-0.2, -0.15) is 0 Å². The number of nitrogens with one attached hydrogen (secondary N) is 2. The van der Waals surface area contributed by atoms with E-state index in [-0.39, 0.29) is 17.9 Å². The summed E-state index contributed by atoms with van der Waals surface area (Å²) in [6.45, 7) is 4.86. The molecule has 2 N–H and O–H groups in total. The van der Waals surface area contributed by atoms with Gasteiger partial charge in [0.25, 0.3) is 5.91 Å². The van der Waals surface area contributed by atoms with Crippen LogP contribution >= 0.6 is 0 Å². The topological polar surface area (TPSA) is 93.7 Å². The summed E-state index contributed by atoms with van der Waals surface area (Å²) in [5.41, 5.74) is 3.57. The Morgan fingerprint density at radius 3 is 2.24 bits per heavy atom. The summed E-state index contributed by atoms with van der Waals surface area (Å²) < 4.78 is 23.2. The Morgan fingerprint density at radius 1 is 1.00 bits per heavy atom. The molecule has 0 saturated carbocycles. The number of esters is 1. The first-order valence-electron chi connectivity index (χ1n) is 8.86. The van der Waals surface area contributed by atoms with E-state index in [0.717, 1.165) is 22.8 Å². The van der Waals surface area contributed by atoms with Crippen LogP contribution in [0.3, 0.4) is 0 Å². The fraction of sp³-hybridized carbons (Fsp3) is 0.286. The second-order valence-corrected chi connectivity index (χ2v) is 6.52. The van der Waals surface area contributed by atoms with Gasteiger partial charge < -0.3 is 20.1 Å². The second kappa shape index (κ2) is 9.68. The summed E-state index contributed by atoms with van der Waals surface area (Å²) in [5.74, 6) is -2.65. The maximum absolute atomic E-state index is 13.6. The highest BCUT2D eigenvalue weighted by Crippen LogP contribution is 2.21. The number of carbonyl (C=O) groups excluding carboxylic acids is 3. The Labute approximate surface area is 168 Å². The number of ether oxygens (including phenoxy) is 2. The average Bonchev–Trinajstić information content (AvgIpc) is 2.67. The molecule has 0 aliphatic heterocycles. The van der Waals surface area contributed by atoms with Crippen LogP contribution in [0.2, 0.25) is 0 Å². The second-order valence-electron chi connectivity index (χ2n) is 6.52. The van der Waals surface area contributed by atoms with Crippen LogP contribution in [0.15, 0.2) is 30.3 Å². The molecule has 0 atom stereocenters. The number of hydrogen-bond donors (Lipinski definition) is 2. The first kappa shape index (κ1) is 21.9. The molecule has 2 aromatic carbocycles. The third-order valence-electron chi connectivity index (χ3n) is 4.11. The Hall–Kier alpha value is -3.42. The molecule has 0 aromatic heterocycles. The number of methoxy groups -OCH3 is 1. The molecule has 0 aliphatic carbocycles. The van der Waals surface area contributed by atoms with Gasteiger partial charge in [0.2, 0.25) is 5.91 Å². The van der Waals surface area contributed by atoms with Crippen molar-refractivity contribution < 1.29 is 28.2 Å². The predicted octanol–water partition coefficient (Wildman–Crippen LogP) is 2.67. The minimum absolute atomic E-state index is 0.00986. The molecule has 2 rings (SSSR count). The lowest BCUT2D eigenvalue weighted by atomic mass is 10.1. The van der Waals surface area contributed by atoms with Gasteiger partial charge in [-0.1, -0.05) is 17.7 Å². The van der Waals surface area contributed by atoms with E-state index in [1.807, 2.05) is 32.9 Å². The Balaban J connectivity index is 1.82. The minimum atomic E-state index is -0.864. The van der Waals surface area contributed by atoms with Crippen molar-refractivity contribution in [2.24, 2.45) is 0 Å². The SMILES string of the molecule is COc1ccc(C(=O)OCC(=O)NCC(=O)Nc2c(C)cc(C)cc2C)cc1F. The zero-order valence-corrected chi connectivity index (χ0v) is 16.7. The number of carbonyl (C=O) groups is 3. The van der Waals surface area contributed by atoms with Gasteiger partial charge in [-0.3, -0.25) is 9.59 Å². The largest absolute Gasteiger partial charge is 0.494 e. The minimum Gasteiger partial charge on any atom is -0.494 e. The lowest BCUT2D eigenvalue weighted by Crippen LogP contribution is -2.35. The maximum atomic E-state index is 13.6. The van der Waals surface area contributed by atoms with Crippen LogP contribution in [-0.4, -0.2) is 38.0 Å². The summed E-state index contributed by atoms with van der Waals surface area (Å²) in [5, 5.41) is 5.12. The van der Waals surface area contributed by atoms with Crippen molar-refractivity contribution in [2.45, 2.75) is 20.8 Å². The molecule has 8 heteroatoms. The molecule has 0 radical (unpaired) electrons. The van der Waals surface area contributed by atoms with Gasteiger partial charge >= 0.3 is 5.97 Å². The van der Waals surface area contributed by atoms with Crippen LogP contribution < -0.4 is 15.4 Å². The Bertz CT molecular complexity index is 920. The zero-order valence-electron chi connectivity index (χ0n) is 16.7. The van der Waals surface area contributed by atoms with Crippen LogP contribution in [0.1, 0.15) is 27.0 Å². The van der Waals surface area contributed by atoms with Gasteiger partial charge in [0.15, 0.2) is 18.2 Å². The van der Waals surface area contributed by atoms with Crippen molar-refractivity contribution in [1.82, 2.24) is 5.32 Å². The summed E-state index contributed by atoms with van der Waals surface area (Å²) in [6.07, 6.45) is 0. The van der Waals surface area contributed by atoms with Crippen molar-refractivity contribution >= 4 is 23.5 Å². The molecular formula is C21H23FN2O5. The Morgan fingerprint density at radius 2 is 1.66 bits per heavy atom. The highest BCUT2D eigenvalue weighted by molar-refractivity contribution is 5.96. The van der Waals surface area contributed by atoms with E-state index in [1.165, 1.54) is 19.2 Å². The smallest absolute Gasteiger partial charge is 0.338 e. The molecule has 0 heterocycles. The highest BCUT2D eigenvalue weighted by atomic mass is 19.1. The number of aryl methyl sites for hydroxylation is 3. The molecule has 0 aliphatic rings. The lowest BCUT2D eigenvalue weighted by Gasteiger charge is -2.13. The van der Waals surface area contributed by atoms with Crippen LogP contribution in [-0.2, 0) is 14.3 Å². The zero-order chi connectivity index (χ0) is 21.6. The van der Waals surface area contributed by atoms with E-state index >= 15 is 0 Å². The maximum Gasteiger partial charge on any atom is 0.338 e. The number of rotatable bonds is 7. The quantitative estimate of drug-likeness (QED) is 0.695. The van der Waals surface area contributed by atoms with E-state index < -0.39 is 30.2 Å². The first-order chi connectivity index (χ1) is 13.7. The average molecular weight is 402 g/mol. The number of benzene rings is 2. The summed E-state index contributed by atoms with van der Waals surface area (Å²) in [7, 11) is 1.30. The Kier molecular flexibility index (Phi) is 7.30. The van der Waals surface area contributed by atoms with E-state index in [2.05, 4.69) is 10.6 Å². The molecule has 0 unspecified atom stereocenters. The van der Waals surface area contributed by atoms with Gasteiger partial charge in [0.1, 0.15) is 0 Å². The first-order valence-corrected chi connectivity index (χ1v) is 8.86. The molecule has 0 saturated heterocycles. The van der Waals surface area contributed by atoms with Gasteiger partial charge in [-0.05, 0) is 50.1 Å². The van der Waals surface area contributed by atoms with Crippen molar-refractivity contribution in [2.75, 3.05) is 25.6 Å². The summed E-state index contributed by atoms with van der Waals surface area (Å²) >= 11 is 0. The fourth-order valence-electron chi connectivity index (χ4n) is 2.80. The molecule has 0 fully saturated rings. The highest BCUT2D eigenvalue weighted by Gasteiger charge is 2.14.